The van der Waals surface area contributed by atoms with E-state index >= 15 is 0 Å². The van der Waals surface area contributed by atoms with Gasteiger partial charge in [-0.15, -0.1) is 11.3 Å². The Hall–Kier alpha value is -3.24. The summed E-state index contributed by atoms with van der Waals surface area (Å²) in [5, 5.41) is 6.94. The Morgan fingerprint density at radius 2 is 1.69 bits per heavy atom. The summed E-state index contributed by atoms with van der Waals surface area (Å²) in [6, 6.07) is 13.3. The first kappa shape index (κ1) is 27.3. The van der Waals surface area contributed by atoms with Crippen molar-refractivity contribution >= 4 is 38.9 Å². The Labute approximate surface area is 229 Å². The van der Waals surface area contributed by atoms with Crippen LogP contribution in [0.15, 0.2) is 54.7 Å². The van der Waals surface area contributed by atoms with Crippen LogP contribution in [0.25, 0.3) is 20.5 Å². The Morgan fingerprint density at radius 3 is 2.36 bits per heavy atom. The molecule has 0 aliphatic carbocycles. The smallest absolute Gasteiger partial charge is 0.365 e. The van der Waals surface area contributed by atoms with Crippen LogP contribution in [0.5, 0.6) is 0 Å². The van der Waals surface area contributed by atoms with Gasteiger partial charge < -0.3 is 10.6 Å². The fourth-order valence-corrected chi connectivity index (χ4v) is 6.61. The number of alkyl halides is 3. The van der Waals surface area contributed by atoms with E-state index in [1.165, 1.54) is 17.4 Å². The number of aromatic nitrogens is 2. The summed E-state index contributed by atoms with van der Waals surface area (Å²) in [5.74, 6) is -0.592. The average molecular weight is 558 g/mol. The summed E-state index contributed by atoms with van der Waals surface area (Å²) in [6.07, 6.45) is -2.01. The van der Waals surface area contributed by atoms with E-state index in [0.29, 0.717) is 4.88 Å². The first-order valence-electron chi connectivity index (χ1n) is 12.7. The van der Waals surface area contributed by atoms with Gasteiger partial charge in [0.15, 0.2) is 11.6 Å². The molecule has 5 rings (SSSR count). The number of halogens is 4. The van der Waals surface area contributed by atoms with Crippen molar-refractivity contribution in [2.45, 2.75) is 63.8 Å². The Balaban J connectivity index is 1.41. The highest BCUT2D eigenvalue weighted by Gasteiger charge is 2.43. The summed E-state index contributed by atoms with van der Waals surface area (Å²) in [4.78, 5) is 11.1. The number of likely N-dealkylation sites (tertiary alicyclic amines) is 1. The topological polar surface area (TPSA) is 53.1 Å². The predicted octanol–water partition coefficient (Wildman–Crippen LogP) is 8.32. The maximum Gasteiger partial charge on any atom is 0.417 e. The van der Waals surface area contributed by atoms with Crippen molar-refractivity contribution in [1.29, 1.82) is 0 Å². The molecule has 39 heavy (non-hydrogen) atoms. The minimum Gasteiger partial charge on any atom is -0.365 e. The van der Waals surface area contributed by atoms with E-state index in [2.05, 4.69) is 60.2 Å². The van der Waals surface area contributed by atoms with Crippen molar-refractivity contribution in [3.05, 3.63) is 66.1 Å². The predicted molar refractivity (Wildman–Crippen MR) is 150 cm³/mol. The van der Waals surface area contributed by atoms with Crippen molar-refractivity contribution in [1.82, 2.24) is 14.9 Å². The van der Waals surface area contributed by atoms with E-state index in [1.807, 2.05) is 24.3 Å². The molecule has 206 valence electrons. The molecule has 0 spiro atoms. The van der Waals surface area contributed by atoms with Crippen LogP contribution in [0.2, 0.25) is 0 Å². The number of piperidine rings is 1. The van der Waals surface area contributed by atoms with Crippen LogP contribution in [0.4, 0.5) is 35.0 Å². The quantitative estimate of drug-likeness (QED) is 0.242. The standard InChI is InChI=1S/C29H31F4N5S/c1-27(2)14-19(15-28(3,4)38(27)5)35-25-22(30)16-34-26(37-25)36-18-10-11-20(21(13-18)29(31,32)33)24-12-17-8-6-7-9-23(17)39-24/h6-13,16,19H,14-15H2,1-5H3,(H2,34,35,36,37). The summed E-state index contributed by atoms with van der Waals surface area (Å²) in [7, 11) is 2.09. The van der Waals surface area contributed by atoms with Crippen LogP contribution in [0.1, 0.15) is 46.1 Å². The fourth-order valence-electron chi connectivity index (χ4n) is 5.51. The van der Waals surface area contributed by atoms with E-state index in [-0.39, 0.29) is 40.1 Å². The number of nitrogens with one attached hydrogen (secondary N) is 2. The van der Waals surface area contributed by atoms with Crippen molar-refractivity contribution < 1.29 is 17.6 Å². The highest BCUT2D eigenvalue weighted by Crippen LogP contribution is 2.43. The third kappa shape index (κ3) is 5.58. The Morgan fingerprint density at radius 1 is 1.00 bits per heavy atom. The molecule has 0 radical (unpaired) electrons. The van der Waals surface area contributed by atoms with Crippen molar-refractivity contribution in [3.8, 4) is 10.4 Å². The lowest BCUT2D eigenvalue weighted by atomic mass is 9.77. The summed E-state index contributed by atoms with van der Waals surface area (Å²) in [5.41, 5.74) is -0.742. The SMILES string of the molecule is CN1C(C)(C)CC(Nc2nc(Nc3ccc(-c4cc5ccccc5s4)c(C(F)(F)F)c3)ncc2F)CC1(C)C. The molecule has 0 saturated carbocycles. The Kier molecular flexibility index (Phi) is 6.83. The van der Waals surface area contributed by atoms with Gasteiger partial charge in [-0.3, -0.25) is 4.90 Å². The van der Waals surface area contributed by atoms with Crippen LogP contribution in [0.3, 0.4) is 0 Å². The molecule has 4 aromatic rings. The molecule has 1 saturated heterocycles. The van der Waals surface area contributed by atoms with Crippen LogP contribution in [0, 0.1) is 5.82 Å². The minimum absolute atomic E-state index is 0.00749. The van der Waals surface area contributed by atoms with Gasteiger partial charge in [-0.1, -0.05) is 24.3 Å². The van der Waals surface area contributed by atoms with Crippen molar-refractivity contribution in [3.63, 3.8) is 0 Å². The number of thiophene rings is 1. The second-order valence-corrected chi connectivity index (χ2v) is 12.4. The molecule has 1 aliphatic heterocycles. The van der Waals surface area contributed by atoms with Crippen LogP contribution >= 0.6 is 11.3 Å². The van der Waals surface area contributed by atoms with Crippen molar-refractivity contribution in [2.75, 3.05) is 17.7 Å². The maximum atomic E-state index is 14.7. The third-order valence-electron chi connectivity index (χ3n) is 7.66. The molecular weight excluding hydrogens is 526 g/mol. The molecule has 0 bridgehead atoms. The van der Waals surface area contributed by atoms with Crippen LogP contribution in [-0.2, 0) is 6.18 Å². The molecule has 10 heteroatoms. The first-order valence-corrected chi connectivity index (χ1v) is 13.5. The van der Waals surface area contributed by atoms with Gasteiger partial charge in [0.05, 0.1) is 11.8 Å². The third-order valence-corrected chi connectivity index (χ3v) is 8.81. The number of rotatable bonds is 5. The lowest BCUT2D eigenvalue weighted by Crippen LogP contribution is -2.61. The number of fused-ring (bicyclic) bond motifs is 1. The highest BCUT2D eigenvalue weighted by molar-refractivity contribution is 7.22. The second-order valence-electron chi connectivity index (χ2n) is 11.4. The number of benzene rings is 2. The first-order chi connectivity index (χ1) is 18.2. The maximum absolute atomic E-state index is 14.7. The zero-order chi connectivity index (χ0) is 28.2. The van der Waals surface area contributed by atoms with Gasteiger partial charge in [0, 0.05) is 37.9 Å². The molecule has 2 aromatic carbocycles. The van der Waals surface area contributed by atoms with Gasteiger partial charge in [-0.2, -0.15) is 18.2 Å². The zero-order valence-electron chi connectivity index (χ0n) is 22.4. The number of hydrogen-bond acceptors (Lipinski definition) is 6. The molecular formula is C29H31F4N5S. The van der Waals surface area contributed by atoms with E-state index in [4.69, 9.17) is 0 Å². The number of anilines is 3. The van der Waals surface area contributed by atoms with Gasteiger partial charge >= 0.3 is 6.18 Å². The molecule has 2 aromatic heterocycles. The molecule has 2 N–H and O–H groups in total. The summed E-state index contributed by atoms with van der Waals surface area (Å²) < 4.78 is 58.0. The van der Waals surface area contributed by atoms with Gasteiger partial charge in [-0.05, 0) is 77.2 Å². The van der Waals surface area contributed by atoms with Crippen LogP contribution < -0.4 is 10.6 Å². The van der Waals surface area contributed by atoms with E-state index in [0.717, 1.165) is 35.2 Å². The molecule has 0 amide bonds. The molecule has 3 heterocycles. The lowest BCUT2D eigenvalue weighted by Gasteiger charge is -2.53. The normalized spacial score (nSPS) is 17.9. The van der Waals surface area contributed by atoms with E-state index < -0.39 is 17.6 Å². The fraction of sp³-hybridized carbons (Fsp3) is 0.379. The van der Waals surface area contributed by atoms with Gasteiger partial charge in [-0.25, -0.2) is 9.37 Å². The van der Waals surface area contributed by atoms with E-state index in [9.17, 15) is 17.6 Å². The van der Waals surface area contributed by atoms with E-state index in [1.54, 1.807) is 12.1 Å². The molecule has 5 nitrogen and oxygen atoms in total. The number of nitrogens with zero attached hydrogens (tertiary/aromatic N) is 3. The average Bonchev–Trinajstić information content (AvgIpc) is 3.28. The zero-order valence-corrected chi connectivity index (χ0v) is 23.3. The Bertz CT molecular complexity index is 1460. The monoisotopic (exact) mass is 557 g/mol. The lowest BCUT2D eigenvalue weighted by molar-refractivity contribution is -0.137. The van der Waals surface area contributed by atoms with Gasteiger partial charge in [0.2, 0.25) is 5.95 Å². The highest BCUT2D eigenvalue weighted by atomic mass is 32.1. The summed E-state index contributed by atoms with van der Waals surface area (Å²) >= 11 is 1.31. The van der Waals surface area contributed by atoms with Crippen molar-refractivity contribution in [2.24, 2.45) is 0 Å². The minimum atomic E-state index is -4.58. The molecule has 1 fully saturated rings. The van der Waals surface area contributed by atoms with Gasteiger partial charge in [0.25, 0.3) is 0 Å². The second kappa shape index (κ2) is 9.75. The molecule has 1 aliphatic rings. The molecule has 0 unspecified atom stereocenters. The van der Waals surface area contributed by atoms with Gasteiger partial charge in [0.1, 0.15) is 0 Å². The largest absolute Gasteiger partial charge is 0.417 e. The number of hydrogen-bond donors (Lipinski definition) is 2. The van der Waals surface area contributed by atoms with Crippen LogP contribution in [-0.4, -0.2) is 39.0 Å². The summed E-state index contributed by atoms with van der Waals surface area (Å²) in [6.45, 7) is 8.58. The molecule has 0 atom stereocenters.